The van der Waals surface area contributed by atoms with Gasteiger partial charge in [0.1, 0.15) is 5.75 Å². The fraction of sp³-hybridized carbons (Fsp3) is 0.391. The highest BCUT2D eigenvalue weighted by atomic mass is 16.5. The Bertz CT molecular complexity index is 1110. The number of para-hydroxylation sites is 3. The lowest BCUT2D eigenvalue weighted by molar-refractivity contribution is 0.250. The predicted molar refractivity (Wildman–Crippen MR) is 120 cm³/mol. The van der Waals surface area contributed by atoms with Crippen molar-refractivity contribution in [3.05, 3.63) is 69.4 Å². The number of hydrogen-bond acceptors (Lipinski definition) is 5. The molecular formula is C23H28N4O3. The first-order valence-electron chi connectivity index (χ1n) is 10.5. The van der Waals surface area contributed by atoms with Crippen molar-refractivity contribution >= 4 is 16.6 Å². The van der Waals surface area contributed by atoms with Gasteiger partial charge in [-0.3, -0.25) is 19.2 Å². The Kier molecular flexibility index (Phi) is 6.18. The molecule has 1 aliphatic rings. The van der Waals surface area contributed by atoms with Crippen molar-refractivity contribution in [3.63, 3.8) is 0 Å². The first-order valence-corrected chi connectivity index (χ1v) is 10.5. The summed E-state index contributed by atoms with van der Waals surface area (Å²) in [6, 6.07) is 15.4. The van der Waals surface area contributed by atoms with Crippen LogP contribution in [0.25, 0.3) is 10.9 Å². The molecular weight excluding hydrogens is 380 g/mol. The van der Waals surface area contributed by atoms with Crippen LogP contribution in [0.4, 0.5) is 5.69 Å². The summed E-state index contributed by atoms with van der Waals surface area (Å²) >= 11 is 0. The topological polar surface area (TPSA) is 70.6 Å². The number of H-pyrrole nitrogens is 1. The number of benzene rings is 2. The number of aromatic amines is 1. The zero-order valence-corrected chi connectivity index (χ0v) is 17.3. The Hall–Kier alpha value is -3.06. The molecule has 30 heavy (non-hydrogen) atoms. The molecule has 7 heteroatoms. The normalized spacial score (nSPS) is 14.9. The molecule has 0 aliphatic carbocycles. The summed E-state index contributed by atoms with van der Waals surface area (Å²) in [6.45, 7) is 5.60. The third-order valence-electron chi connectivity index (χ3n) is 5.81. The van der Waals surface area contributed by atoms with Gasteiger partial charge in [-0.25, -0.2) is 4.79 Å². The predicted octanol–water partition coefficient (Wildman–Crippen LogP) is 2.30. The number of anilines is 1. The molecule has 3 aromatic rings. The van der Waals surface area contributed by atoms with E-state index >= 15 is 0 Å². The molecule has 2 heterocycles. The number of rotatable bonds is 7. The quantitative estimate of drug-likeness (QED) is 0.608. The summed E-state index contributed by atoms with van der Waals surface area (Å²) in [7, 11) is 1.71. The SMILES string of the molecule is COc1ccccc1N1CCN(CCCCn2c(=O)[nH]c(=O)c3ccccc32)CC1. The van der Waals surface area contributed by atoms with Crippen molar-refractivity contribution in [2.45, 2.75) is 19.4 Å². The number of fused-ring (bicyclic) bond motifs is 1. The van der Waals surface area contributed by atoms with E-state index < -0.39 is 0 Å². The second kappa shape index (κ2) is 9.17. The van der Waals surface area contributed by atoms with Crippen molar-refractivity contribution in [2.75, 3.05) is 44.7 Å². The summed E-state index contributed by atoms with van der Waals surface area (Å²) in [6.07, 6.45) is 1.90. The Balaban J connectivity index is 1.29. The number of hydrogen-bond donors (Lipinski definition) is 1. The van der Waals surface area contributed by atoms with E-state index in [1.165, 1.54) is 0 Å². The molecule has 0 amide bonds. The number of aryl methyl sites for hydroxylation is 1. The van der Waals surface area contributed by atoms with Crippen molar-refractivity contribution < 1.29 is 4.74 Å². The second-order valence-electron chi connectivity index (χ2n) is 7.64. The maximum atomic E-state index is 12.3. The Morgan fingerprint density at radius 1 is 0.900 bits per heavy atom. The van der Waals surface area contributed by atoms with E-state index in [0.717, 1.165) is 57.0 Å². The minimum absolute atomic E-state index is 0.320. The summed E-state index contributed by atoms with van der Waals surface area (Å²) in [5, 5.41) is 0.560. The third kappa shape index (κ3) is 4.26. The van der Waals surface area contributed by atoms with Gasteiger partial charge in [0.15, 0.2) is 0 Å². The number of nitrogens with zero attached hydrogens (tertiary/aromatic N) is 3. The van der Waals surface area contributed by atoms with Gasteiger partial charge < -0.3 is 9.64 Å². The van der Waals surface area contributed by atoms with E-state index in [2.05, 4.69) is 20.9 Å². The van der Waals surface area contributed by atoms with Crippen LogP contribution in [0.3, 0.4) is 0 Å². The standard InChI is InChI=1S/C23H28N4O3/c1-30-21-11-5-4-10-20(21)26-16-14-25(15-17-26)12-6-7-13-27-19-9-3-2-8-18(19)22(28)24-23(27)29/h2-5,8-11H,6-7,12-17H2,1H3,(H,24,28,29). The van der Waals surface area contributed by atoms with Gasteiger partial charge in [0.2, 0.25) is 0 Å². The minimum Gasteiger partial charge on any atom is -0.495 e. The Morgan fingerprint density at radius 2 is 1.60 bits per heavy atom. The smallest absolute Gasteiger partial charge is 0.328 e. The molecule has 1 fully saturated rings. The summed E-state index contributed by atoms with van der Waals surface area (Å²) in [4.78, 5) is 31.5. The fourth-order valence-electron chi connectivity index (χ4n) is 4.17. The molecule has 1 aromatic heterocycles. The number of aromatic nitrogens is 2. The highest BCUT2D eigenvalue weighted by Gasteiger charge is 2.19. The van der Waals surface area contributed by atoms with Gasteiger partial charge in [0.05, 0.1) is 23.7 Å². The molecule has 0 spiro atoms. The molecule has 1 saturated heterocycles. The first kappa shape index (κ1) is 20.2. The van der Waals surface area contributed by atoms with E-state index in [4.69, 9.17) is 4.74 Å². The zero-order valence-electron chi connectivity index (χ0n) is 17.3. The summed E-state index contributed by atoms with van der Waals surface area (Å²) < 4.78 is 7.17. The van der Waals surface area contributed by atoms with Crippen LogP contribution >= 0.6 is 0 Å². The van der Waals surface area contributed by atoms with E-state index in [1.54, 1.807) is 17.7 Å². The Labute approximate surface area is 175 Å². The monoisotopic (exact) mass is 408 g/mol. The van der Waals surface area contributed by atoms with Gasteiger partial charge in [0, 0.05) is 32.7 Å². The summed E-state index contributed by atoms with van der Waals surface area (Å²) in [5.74, 6) is 0.921. The van der Waals surface area contributed by atoms with Crippen LogP contribution in [0.5, 0.6) is 5.75 Å². The molecule has 2 aromatic carbocycles. The number of unbranched alkanes of at least 4 members (excludes halogenated alkanes) is 1. The van der Waals surface area contributed by atoms with Crippen LogP contribution in [0.2, 0.25) is 0 Å². The molecule has 4 rings (SSSR count). The van der Waals surface area contributed by atoms with Crippen LogP contribution in [-0.4, -0.2) is 54.3 Å². The molecule has 0 radical (unpaired) electrons. The Morgan fingerprint density at radius 3 is 2.40 bits per heavy atom. The maximum absolute atomic E-state index is 12.3. The summed E-state index contributed by atoms with van der Waals surface area (Å²) in [5.41, 5.74) is 1.21. The van der Waals surface area contributed by atoms with Gasteiger partial charge in [-0.2, -0.15) is 0 Å². The van der Waals surface area contributed by atoms with E-state index in [1.807, 2.05) is 36.4 Å². The number of piperazine rings is 1. The molecule has 0 saturated carbocycles. The average Bonchev–Trinajstić information content (AvgIpc) is 2.79. The lowest BCUT2D eigenvalue weighted by atomic mass is 10.2. The van der Waals surface area contributed by atoms with Crippen LogP contribution in [0.1, 0.15) is 12.8 Å². The lowest BCUT2D eigenvalue weighted by Gasteiger charge is -2.36. The molecule has 0 atom stereocenters. The van der Waals surface area contributed by atoms with Gasteiger partial charge >= 0.3 is 5.69 Å². The van der Waals surface area contributed by atoms with Gasteiger partial charge in [0.25, 0.3) is 5.56 Å². The first-order chi connectivity index (χ1) is 14.7. The molecule has 158 valence electrons. The van der Waals surface area contributed by atoms with E-state index in [-0.39, 0.29) is 11.2 Å². The van der Waals surface area contributed by atoms with Crippen molar-refractivity contribution in [1.29, 1.82) is 0 Å². The number of ether oxygens (including phenoxy) is 1. The third-order valence-corrected chi connectivity index (χ3v) is 5.81. The average molecular weight is 409 g/mol. The lowest BCUT2D eigenvalue weighted by Crippen LogP contribution is -2.46. The minimum atomic E-state index is -0.330. The van der Waals surface area contributed by atoms with Crippen molar-refractivity contribution in [3.8, 4) is 5.75 Å². The van der Waals surface area contributed by atoms with Crippen LogP contribution < -0.4 is 20.9 Å². The van der Waals surface area contributed by atoms with Gasteiger partial charge in [-0.15, -0.1) is 0 Å². The molecule has 1 N–H and O–H groups in total. The number of nitrogens with one attached hydrogen (secondary N) is 1. The largest absolute Gasteiger partial charge is 0.495 e. The van der Waals surface area contributed by atoms with Crippen molar-refractivity contribution in [1.82, 2.24) is 14.5 Å². The van der Waals surface area contributed by atoms with Crippen molar-refractivity contribution in [2.24, 2.45) is 0 Å². The highest BCUT2D eigenvalue weighted by molar-refractivity contribution is 5.77. The highest BCUT2D eigenvalue weighted by Crippen LogP contribution is 2.28. The second-order valence-corrected chi connectivity index (χ2v) is 7.64. The van der Waals surface area contributed by atoms with E-state index in [0.29, 0.717) is 17.4 Å². The fourth-order valence-corrected chi connectivity index (χ4v) is 4.17. The van der Waals surface area contributed by atoms with Crippen LogP contribution in [-0.2, 0) is 6.54 Å². The van der Waals surface area contributed by atoms with Crippen LogP contribution in [0.15, 0.2) is 58.1 Å². The molecule has 1 aliphatic heterocycles. The molecule has 0 unspecified atom stereocenters. The van der Waals surface area contributed by atoms with Gasteiger partial charge in [-0.1, -0.05) is 24.3 Å². The molecule has 7 nitrogen and oxygen atoms in total. The molecule has 0 bridgehead atoms. The van der Waals surface area contributed by atoms with Crippen LogP contribution in [0, 0.1) is 0 Å². The zero-order chi connectivity index (χ0) is 20.9. The number of methoxy groups -OCH3 is 1. The van der Waals surface area contributed by atoms with E-state index in [9.17, 15) is 9.59 Å². The van der Waals surface area contributed by atoms with Gasteiger partial charge in [-0.05, 0) is 43.7 Å². The maximum Gasteiger partial charge on any atom is 0.328 e.